The van der Waals surface area contributed by atoms with Gasteiger partial charge in [0.2, 0.25) is 5.90 Å². The molecule has 0 unspecified atom stereocenters. The zero-order valence-corrected chi connectivity index (χ0v) is 22.0. The topological polar surface area (TPSA) is 57.1 Å². The van der Waals surface area contributed by atoms with Gasteiger partial charge in [0.05, 0.1) is 6.61 Å². The zero-order chi connectivity index (χ0) is 23.4. The van der Waals surface area contributed by atoms with Crippen LogP contribution in [0.5, 0.6) is 11.5 Å². The third-order valence-corrected chi connectivity index (χ3v) is 7.41. The Morgan fingerprint density at radius 1 is 1.09 bits per heavy atom. The minimum absolute atomic E-state index is 0.215. The van der Waals surface area contributed by atoms with Crippen LogP contribution in [0.3, 0.4) is 0 Å². The number of esters is 1. The van der Waals surface area contributed by atoms with Gasteiger partial charge in [-0.25, -0.2) is 9.79 Å². The number of hydrogen-bond acceptors (Lipinski definition) is 5. The highest BCUT2D eigenvalue weighted by molar-refractivity contribution is 14.1. The van der Waals surface area contributed by atoms with E-state index >= 15 is 0 Å². The van der Waals surface area contributed by atoms with Crippen LogP contribution < -0.4 is 9.47 Å². The van der Waals surface area contributed by atoms with Crippen LogP contribution in [0.25, 0.3) is 6.08 Å². The lowest BCUT2D eigenvalue weighted by molar-refractivity contribution is -0.129. The second-order valence-corrected chi connectivity index (χ2v) is 9.41. The van der Waals surface area contributed by atoms with Crippen molar-refractivity contribution < 1.29 is 19.0 Å². The van der Waals surface area contributed by atoms with Gasteiger partial charge in [-0.2, -0.15) is 0 Å². The molecule has 0 aromatic heterocycles. The van der Waals surface area contributed by atoms with E-state index in [0.29, 0.717) is 29.7 Å². The molecule has 3 aromatic rings. The van der Waals surface area contributed by atoms with Crippen molar-refractivity contribution in [1.29, 1.82) is 0 Å². The number of halogens is 3. The van der Waals surface area contributed by atoms with Gasteiger partial charge in [0.25, 0.3) is 0 Å². The molecular weight excluding hydrogens is 621 g/mol. The third-order valence-electron chi connectivity index (χ3n) is 4.70. The number of benzene rings is 3. The summed E-state index contributed by atoms with van der Waals surface area (Å²) in [5.74, 6) is 0.918. The Morgan fingerprint density at radius 3 is 2.67 bits per heavy atom. The first kappa shape index (κ1) is 23.8. The second kappa shape index (κ2) is 10.7. The minimum atomic E-state index is -0.503. The van der Waals surface area contributed by atoms with Crippen molar-refractivity contribution >= 4 is 68.1 Å². The summed E-state index contributed by atoms with van der Waals surface area (Å²) >= 11 is 11.9. The summed E-state index contributed by atoms with van der Waals surface area (Å²) in [6, 6.07) is 18.6. The van der Waals surface area contributed by atoms with Gasteiger partial charge in [0.1, 0.15) is 6.61 Å². The molecule has 168 valence electrons. The quantitative estimate of drug-likeness (QED) is 0.159. The smallest absolute Gasteiger partial charge is 0.363 e. The maximum atomic E-state index is 12.4. The molecule has 3 aromatic carbocycles. The van der Waals surface area contributed by atoms with Crippen LogP contribution in [0.1, 0.15) is 23.6 Å². The lowest BCUT2D eigenvalue weighted by atomic mass is 10.1. The normalized spacial score (nSPS) is 14.2. The molecular formula is C25H18BrClINO4. The van der Waals surface area contributed by atoms with E-state index < -0.39 is 5.97 Å². The van der Waals surface area contributed by atoms with E-state index in [2.05, 4.69) is 43.5 Å². The molecule has 4 rings (SSSR count). The summed E-state index contributed by atoms with van der Waals surface area (Å²) in [6.07, 6.45) is 1.66. The van der Waals surface area contributed by atoms with Crippen molar-refractivity contribution in [3.05, 3.63) is 96.1 Å². The van der Waals surface area contributed by atoms with E-state index in [0.717, 1.165) is 24.7 Å². The van der Waals surface area contributed by atoms with Crippen molar-refractivity contribution in [2.24, 2.45) is 4.99 Å². The first-order chi connectivity index (χ1) is 15.9. The number of cyclic esters (lactones) is 1. The summed E-state index contributed by atoms with van der Waals surface area (Å²) in [7, 11) is 0. The molecule has 0 atom stereocenters. The summed E-state index contributed by atoms with van der Waals surface area (Å²) in [5.41, 5.74) is 2.55. The minimum Gasteiger partial charge on any atom is -0.490 e. The molecule has 5 nitrogen and oxygen atoms in total. The van der Waals surface area contributed by atoms with E-state index in [4.69, 9.17) is 25.8 Å². The fourth-order valence-corrected chi connectivity index (χ4v) is 4.00. The largest absolute Gasteiger partial charge is 0.490 e. The summed E-state index contributed by atoms with van der Waals surface area (Å²) in [6.45, 7) is 2.67. The SMILES string of the molecule is CCOc1cc(/C=C2\N=C(c3ccc(I)c(Br)c3)OC2=O)ccc1OCc1ccccc1Cl. The van der Waals surface area contributed by atoms with Crippen molar-refractivity contribution in [2.75, 3.05) is 6.61 Å². The monoisotopic (exact) mass is 637 g/mol. The molecule has 0 saturated heterocycles. The number of rotatable bonds is 7. The van der Waals surface area contributed by atoms with Gasteiger partial charge in [-0.15, -0.1) is 0 Å². The van der Waals surface area contributed by atoms with Crippen LogP contribution in [0.2, 0.25) is 5.02 Å². The molecule has 0 amide bonds. The predicted octanol–water partition coefficient (Wildman–Crippen LogP) is 7.03. The first-order valence-corrected chi connectivity index (χ1v) is 12.3. The van der Waals surface area contributed by atoms with Gasteiger partial charge in [0, 0.05) is 24.2 Å². The van der Waals surface area contributed by atoms with Crippen molar-refractivity contribution in [3.8, 4) is 11.5 Å². The van der Waals surface area contributed by atoms with Crippen molar-refractivity contribution in [1.82, 2.24) is 0 Å². The maximum absolute atomic E-state index is 12.4. The average molecular weight is 639 g/mol. The number of ether oxygens (including phenoxy) is 3. The van der Waals surface area contributed by atoms with Crippen LogP contribution in [0.4, 0.5) is 0 Å². The molecule has 0 saturated carbocycles. The van der Waals surface area contributed by atoms with Crippen LogP contribution >= 0.6 is 50.1 Å². The molecule has 0 aliphatic carbocycles. The Morgan fingerprint density at radius 2 is 1.91 bits per heavy atom. The second-order valence-electron chi connectivity index (χ2n) is 6.98. The number of hydrogen-bond donors (Lipinski definition) is 0. The molecule has 0 fully saturated rings. The van der Waals surface area contributed by atoms with Gasteiger partial charge >= 0.3 is 5.97 Å². The van der Waals surface area contributed by atoms with E-state index in [-0.39, 0.29) is 11.6 Å². The fraction of sp³-hybridized carbons (Fsp3) is 0.120. The van der Waals surface area contributed by atoms with Crippen molar-refractivity contribution in [2.45, 2.75) is 13.5 Å². The molecule has 1 aliphatic heterocycles. The number of carbonyl (C=O) groups excluding carboxylic acids is 1. The van der Waals surface area contributed by atoms with E-state index in [1.54, 1.807) is 18.2 Å². The molecule has 0 N–H and O–H groups in total. The molecule has 1 heterocycles. The lowest BCUT2D eigenvalue weighted by Gasteiger charge is -2.13. The molecule has 0 spiro atoms. The van der Waals surface area contributed by atoms with Gasteiger partial charge in [-0.05, 0) is 93.5 Å². The summed E-state index contributed by atoms with van der Waals surface area (Å²) < 4.78 is 19.0. The fourth-order valence-electron chi connectivity index (χ4n) is 3.09. The van der Waals surface area contributed by atoms with Gasteiger partial charge < -0.3 is 14.2 Å². The average Bonchev–Trinajstić information content (AvgIpc) is 3.16. The lowest BCUT2D eigenvalue weighted by Crippen LogP contribution is -2.05. The van der Waals surface area contributed by atoms with Gasteiger partial charge in [0.15, 0.2) is 17.2 Å². The van der Waals surface area contributed by atoms with E-state index in [1.807, 2.05) is 55.5 Å². The van der Waals surface area contributed by atoms with E-state index in [9.17, 15) is 4.79 Å². The predicted molar refractivity (Wildman–Crippen MR) is 141 cm³/mol. The Hall–Kier alpha value is -2.36. The van der Waals surface area contributed by atoms with Gasteiger partial charge in [-0.1, -0.05) is 35.9 Å². The standard InChI is InChI=1S/C25H18BrClINO4/c1-2-31-23-12-15(7-10-22(23)32-14-17-5-3-4-6-19(17)27)11-21-25(30)33-24(29-21)16-8-9-20(28)18(26)13-16/h3-13H,2,14H2,1H3/b21-11-. The van der Waals surface area contributed by atoms with E-state index in [1.165, 1.54) is 0 Å². The molecule has 8 heteroatoms. The van der Waals surface area contributed by atoms with Crippen molar-refractivity contribution in [3.63, 3.8) is 0 Å². The number of carbonyl (C=O) groups is 1. The zero-order valence-electron chi connectivity index (χ0n) is 17.5. The Kier molecular flexibility index (Phi) is 7.72. The molecule has 0 bridgehead atoms. The highest BCUT2D eigenvalue weighted by Gasteiger charge is 2.24. The highest BCUT2D eigenvalue weighted by Crippen LogP contribution is 2.32. The number of aliphatic imine (C=N–C) groups is 1. The molecule has 0 radical (unpaired) electrons. The first-order valence-electron chi connectivity index (χ1n) is 10.1. The number of nitrogens with zero attached hydrogens (tertiary/aromatic N) is 1. The van der Waals surface area contributed by atoms with Crippen LogP contribution in [-0.4, -0.2) is 18.5 Å². The summed E-state index contributed by atoms with van der Waals surface area (Å²) in [4.78, 5) is 16.8. The molecule has 33 heavy (non-hydrogen) atoms. The Balaban J connectivity index is 1.57. The summed E-state index contributed by atoms with van der Waals surface area (Å²) in [5, 5.41) is 0.644. The third kappa shape index (κ3) is 5.77. The molecule has 1 aliphatic rings. The Labute approximate surface area is 218 Å². The van der Waals surface area contributed by atoms with Crippen LogP contribution in [0.15, 0.2) is 75.8 Å². The highest BCUT2D eigenvalue weighted by atomic mass is 127. The van der Waals surface area contributed by atoms with Crippen LogP contribution in [-0.2, 0) is 16.1 Å². The Bertz CT molecular complexity index is 1280. The van der Waals surface area contributed by atoms with Gasteiger partial charge in [-0.3, -0.25) is 0 Å². The van der Waals surface area contributed by atoms with Crippen LogP contribution in [0, 0.1) is 3.57 Å². The maximum Gasteiger partial charge on any atom is 0.363 e.